The summed E-state index contributed by atoms with van der Waals surface area (Å²) in [4.78, 5) is 31.1. The zero-order valence-corrected chi connectivity index (χ0v) is 18.0. The fourth-order valence-electron chi connectivity index (χ4n) is 3.93. The summed E-state index contributed by atoms with van der Waals surface area (Å²) in [5, 5.41) is 3.89. The molecule has 0 radical (unpaired) electrons. The zero-order valence-electron chi connectivity index (χ0n) is 18.0. The molecule has 2 aromatic carbocycles. The van der Waals surface area contributed by atoms with Crippen molar-refractivity contribution >= 4 is 11.7 Å². The minimum absolute atomic E-state index is 0.116. The lowest BCUT2D eigenvalue weighted by Crippen LogP contribution is -2.40. The first-order chi connectivity index (χ1) is 15.8. The van der Waals surface area contributed by atoms with Gasteiger partial charge in [-0.1, -0.05) is 5.16 Å². The van der Waals surface area contributed by atoms with Crippen LogP contribution in [0.25, 0.3) is 11.4 Å². The second-order valence-corrected chi connectivity index (χ2v) is 8.12. The molecule has 0 aliphatic carbocycles. The van der Waals surface area contributed by atoms with Crippen LogP contribution < -0.4 is 0 Å². The predicted molar refractivity (Wildman–Crippen MR) is 113 cm³/mol. The highest BCUT2D eigenvalue weighted by Crippen LogP contribution is 2.25. The Morgan fingerprint density at radius 2 is 1.79 bits per heavy atom. The van der Waals surface area contributed by atoms with E-state index in [1.54, 1.807) is 24.0 Å². The third kappa shape index (κ3) is 5.13. The van der Waals surface area contributed by atoms with Gasteiger partial charge in [-0.15, -0.1) is 0 Å². The van der Waals surface area contributed by atoms with Gasteiger partial charge in [-0.25, -0.2) is 13.2 Å². The number of Topliss-reactive ketones (excluding diaryl/α,β-unsaturated/α-hetero) is 1. The molecule has 4 rings (SSSR count). The molecule has 1 aliphatic heterocycles. The summed E-state index contributed by atoms with van der Waals surface area (Å²) in [7, 11) is 0. The largest absolute Gasteiger partial charge is 0.343 e. The maximum atomic E-state index is 13.9. The van der Waals surface area contributed by atoms with Gasteiger partial charge in [0.05, 0.1) is 5.56 Å². The summed E-state index contributed by atoms with van der Waals surface area (Å²) < 4.78 is 45.9. The number of hydrogen-bond acceptors (Lipinski definition) is 5. The Hall–Kier alpha value is -3.49. The van der Waals surface area contributed by atoms with Gasteiger partial charge in [0.15, 0.2) is 5.78 Å². The molecule has 1 saturated heterocycles. The molecule has 0 spiro atoms. The van der Waals surface area contributed by atoms with E-state index in [-0.39, 0.29) is 30.1 Å². The monoisotopic (exact) mass is 457 g/mol. The lowest BCUT2D eigenvalue weighted by atomic mass is 9.88. The summed E-state index contributed by atoms with van der Waals surface area (Å²) in [6.45, 7) is 2.36. The van der Waals surface area contributed by atoms with E-state index < -0.39 is 23.3 Å². The fraction of sp³-hybridized carbons (Fsp3) is 0.333. The number of aryl methyl sites for hydroxylation is 2. The number of aromatic nitrogens is 2. The summed E-state index contributed by atoms with van der Waals surface area (Å²) in [5.74, 6) is -2.11. The first kappa shape index (κ1) is 22.7. The van der Waals surface area contributed by atoms with Gasteiger partial charge in [-0.05, 0) is 61.7 Å². The molecule has 0 unspecified atom stereocenters. The van der Waals surface area contributed by atoms with Crippen molar-refractivity contribution in [3.63, 3.8) is 0 Å². The lowest BCUT2D eigenvalue weighted by molar-refractivity contribution is -0.132. The van der Waals surface area contributed by atoms with Crippen molar-refractivity contribution < 1.29 is 27.3 Å². The summed E-state index contributed by atoms with van der Waals surface area (Å²) in [6.07, 6.45) is 1.17. The summed E-state index contributed by atoms with van der Waals surface area (Å²) in [5.41, 5.74) is 0.844. The summed E-state index contributed by atoms with van der Waals surface area (Å²) in [6, 6.07) is 7.35. The Morgan fingerprint density at radius 3 is 2.52 bits per heavy atom. The predicted octanol–water partition coefficient (Wildman–Crippen LogP) is 4.52. The van der Waals surface area contributed by atoms with Crippen molar-refractivity contribution in [3.8, 4) is 11.4 Å². The topological polar surface area (TPSA) is 76.3 Å². The highest BCUT2D eigenvalue weighted by molar-refractivity contribution is 5.98. The molecule has 6 nitrogen and oxygen atoms in total. The number of rotatable bonds is 6. The van der Waals surface area contributed by atoms with Crippen LogP contribution in [0.4, 0.5) is 13.2 Å². The van der Waals surface area contributed by atoms with Crippen molar-refractivity contribution in [1.29, 1.82) is 0 Å². The Morgan fingerprint density at radius 1 is 1.06 bits per heavy atom. The van der Waals surface area contributed by atoms with Crippen LogP contribution in [0.3, 0.4) is 0 Å². The Kier molecular flexibility index (Phi) is 6.57. The molecule has 0 saturated carbocycles. The molecule has 3 aromatic rings. The number of hydrogen-bond donors (Lipinski definition) is 0. The van der Waals surface area contributed by atoms with Crippen molar-refractivity contribution in [2.24, 2.45) is 5.92 Å². The van der Waals surface area contributed by atoms with E-state index >= 15 is 0 Å². The third-order valence-electron chi connectivity index (χ3n) is 5.85. The molecule has 1 amide bonds. The zero-order chi connectivity index (χ0) is 23.5. The Bertz CT molecular complexity index is 1190. The molecule has 1 fully saturated rings. The number of carbonyl (C=O) groups excluding carboxylic acids is 2. The van der Waals surface area contributed by atoms with Gasteiger partial charge in [0, 0.05) is 37.4 Å². The molecule has 0 N–H and O–H groups in total. The van der Waals surface area contributed by atoms with Gasteiger partial charge < -0.3 is 9.42 Å². The van der Waals surface area contributed by atoms with Crippen LogP contribution >= 0.6 is 0 Å². The average molecular weight is 457 g/mol. The van der Waals surface area contributed by atoms with E-state index in [4.69, 9.17) is 4.52 Å². The number of halogens is 3. The molecule has 0 bridgehead atoms. The van der Waals surface area contributed by atoms with Crippen LogP contribution in [-0.4, -0.2) is 39.8 Å². The highest BCUT2D eigenvalue weighted by Gasteiger charge is 2.29. The summed E-state index contributed by atoms with van der Waals surface area (Å²) >= 11 is 0. The van der Waals surface area contributed by atoms with Crippen molar-refractivity contribution in [3.05, 3.63) is 70.9 Å². The maximum Gasteiger partial charge on any atom is 0.227 e. The third-order valence-corrected chi connectivity index (χ3v) is 5.85. The number of likely N-dealkylation sites (tertiary alicyclic amines) is 1. The van der Waals surface area contributed by atoms with Crippen LogP contribution in [0, 0.1) is 30.3 Å². The van der Waals surface area contributed by atoms with Gasteiger partial charge in [0.25, 0.3) is 0 Å². The normalized spacial score (nSPS) is 14.5. The van der Waals surface area contributed by atoms with Crippen LogP contribution in [-0.2, 0) is 11.2 Å². The molecule has 9 heteroatoms. The van der Waals surface area contributed by atoms with E-state index in [0.717, 1.165) is 18.2 Å². The van der Waals surface area contributed by atoms with Crippen molar-refractivity contribution in [2.45, 2.75) is 32.6 Å². The minimum Gasteiger partial charge on any atom is -0.343 e. The highest BCUT2D eigenvalue weighted by atomic mass is 19.1. The molecular formula is C24H22F3N3O3. The van der Waals surface area contributed by atoms with E-state index in [9.17, 15) is 22.8 Å². The second-order valence-electron chi connectivity index (χ2n) is 8.12. The molecule has 2 heterocycles. The van der Waals surface area contributed by atoms with Crippen molar-refractivity contribution in [1.82, 2.24) is 15.0 Å². The van der Waals surface area contributed by atoms with Gasteiger partial charge >= 0.3 is 0 Å². The number of nitrogens with zero attached hydrogens (tertiary/aromatic N) is 3. The molecule has 33 heavy (non-hydrogen) atoms. The second kappa shape index (κ2) is 9.56. The number of amides is 1. The van der Waals surface area contributed by atoms with Crippen LogP contribution in [0.1, 0.15) is 41.1 Å². The van der Waals surface area contributed by atoms with Crippen LogP contribution in [0.15, 0.2) is 40.9 Å². The molecule has 172 valence electrons. The van der Waals surface area contributed by atoms with Crippen LogP contribution in [0.5, 0.6) is 0 Å². The Balaban J connectivity index is 1.29. The first-order valence-corrected chi connectivity index (χ1v) is 10.7. The number of benzene rings is 2. The number of carbonyl (C=O) groups is 2. The molecular weight excluding hydrogens is 435 g/mol. The smallest absolute Gasteiger partial charge is 0.227 e. The standard InChI is InChI=1S/C24H22F3N3O3/c1-14-12-16(2-4-19(14)26)24-28-21(33-29-24)6-7-22(31)30-10-8-15(9-11-30)23(32)18-13-17(25)3-5-20(18)27/h2-5,12-13,15H,6-11H2,1H3. The van der Waals surface area contributed by atoms with Gasteiger partial charge in [-0.2, -0.15) is 4.98 Å². The number of ketones is 1. The van der Waals surface area contributed by atoms with Gasteiger partial charge in [-0.3, -0.25) is 9.59 Å². The fourth-order valence-corrected chi connectivity index (χ4v) is 3.93. The van der Waals surface area contributed by atoms with Gasteiger partial charge in [0.1, 0.15) is 17.5 Å². The van der Waals surface area contributed by atoms with E-state index in [2.05, 4.69) is 10.1 Å². The molecule has 0 atom stereocenters. The minimum atomic E-state index is -0.741. The molecule has 1 aromatic heterocycles. The Labute approximate surface area is 188 Å². The molecule has 1 aliphatic rings. The first-order valence-electron chi connectivity index (χ1n) is 10.7. The van der Waals surface area contributed by atoms with Crippen molar-refractivity contribution in [2.75, 3.05) is 13.1 Å². The van der Waals surface area contributed by atoms with E-state index in [1.165, 1.54) is 6.07 Å². The van der Waals surface area contributed by atoms with Gasteiger partial charge in [0.2, 0.25) is 17.6 Å². The maximum absolute atomic E-state index is 13.9. The van der Waals surface area contributed by atoms with E-state index in [0.29, 0.717) is 48.8 Å². The number of piperidine rings is 1. The SMILES string of the molecule is Cc1cc(-c2noc(CCC(=O)N3CCC(C(=O)c4cc(F)ccc4F)CC3)n2)ccc1F. The lowest BCUT2D eigenvalue weighted by Gasteiger charge is -2.31. The van der Waals surface area contributed by atoms with E-state index in [1.807, 2.05) is 0 Å². The average Bonchev–Trinajstić information content (AvgIpc) is 3.29. The van der Waals surface area contributed by atoms with Crippen LogP contribution in [0.2, 0.25) is 0 Å². The quantitative estimate of drug-likeness (QED) is 0.509.